The Morgan fingerprint density at radius 1 is 1.91 bits per heavy atom. The lowest BCUT2D eigenvalue weighted by Crippen LogP contribution is -2.33. The summed E-state index contributed by atoms with van der Waals surface area (Å²) in [7, 11) is 0. The summed E-state index contributed by atoms with van der Waals surface area (Å²) in [5, 5.41) is 2.90. The predicted octanol–water partition coefficient (Wildman–Crippen LogP) is -0.0868. The van der Waals surface area contributed by atoms with Crippen molar-refractivity contribution in [3.63, 3.8) is 0 Å². The van der Waals surface area contributed by atoms with Gasteiger partial charge < -0.3 is 4.74 Å². The molecule has 0 amide bonds. The molecule has 3 heteroatoms. The molecule has 1 saturated heterocycles. The van der Waals surface area contributed by atoms with Crippen LogP contribution in [0.3, 0.4) is 0 Å². The number of ether oxygens (including phenoxy) is 1. The minimum atomic E-state index is -0.193. The molecule has 60 valence electrons. The van der Waals surface area contributed by atoms with Crippen LogP contribution in [0.25, 0.3) is 0 Å². The van der Waals surface area contributed by atoms with Crippen LogP contribution in [0.15, 0.2) is 0 Å². The zero-order valence-electron chi connectivity index (χ0n) is 6.46. The van der Waals surface area contributed by atoms with Gasteiger partial charge in [-0.15, -0.1) is 6.42 Å². The minimum Gasteiger partial charge on any atom is -0.461 e. The van der Waals surface area contributed by atoms with E-state index in [9.17, 15) is 4.79 Å². The lowest BCUT2D eigenvalue weighted by atomic mass is 10.2. The second-order valence-electron chi connectivity index (χ2n) is 2.62. The van der Waals surface area contributed by atoms with E-state index in [-0.39, 0.29) is 18.1 Å². The fourth-order valence-electron chi connectivity index (χ4n) is 1.11. The summed E-state index contributed by atoms with van der Waals surface area (Å²) in [6, 6.07) is -0.193. The Balaban J connectivity index is 2.36. The molecule has 0 saturated carbocycles. The van der Waals surface area contributed by atoms with E-state index < -0.39 is 0 Å². The molecule has 0 aromatic heterocycles. The second-order valence-corrected chi connectivity index (χ2v) is 2.62. The zero-order valence-corrected chi connectivity index (χ0v) is 6.46. The molecule has 1 heterocycles. The van der Waals surface area contributed by atoms with E-state index in [2.05, 4.69) is 11.2 Å². The van der Waals surface area contributed by atoms with Gasteiger partial charge in [-0.25, -0.2) is 0 Å². The number of cyclic esters (lactones) is 1. The molecule has 0 radical (unpaired) electrons. The normalized spacial score (nSPS) is 29.6. The summed E-state index contributed by atoms with van der Waals surface area (Å²) in [4.78, 5) is 10.9. The molecular formula is C8H11NO2. The van der Waals surface area contributed by atoms with Crippen LogP contribution in [-0.4, -0.2) is 24.7 Å². The zero-order chi connectivity index (χ0) is 8.27. The van der Waals surface area contributed by atoms with Crippen LogP contribution in [0.1, 0.15) is 13.3 Å². The van der Waals surface area contributed by atoms with Crippen molar-refractivity contribution in [2.24, 2.45) is 0 Å². The van der Waals surface area contributed by atoms with Crippen LogP contribution in [0.5, 0.6) is 0 Å². The highest BCUT2D eigenvalue weighted by Crippen LogP contribution is 2.13. The quantitative estimate of drug-likeness (QED) is 0.445. The van der Waals surface area contributed by atoms with Gasteiger partial charge in [-0.05, 0) is 6.92 Å². The molecule has 11 heavy (non-hydrogen) atoms. The molecule has 0 aromatic carbocycles. The predicted molar refractivity (Wildman–Crippen MR) is 40.8 cm³/mol. The van der Waals surface area contributed by atoms with Crippen LogP contribution in [0.2, 0.25) is 0 Å². The van der Waals surface area contributed by atoms with Gasteiger partial charge in [0.15, 0.2) is 0 Å². The van der Waals surface area contributed by atoms with Crippen molar-refractivity contribution in [2.75, 3.05) is 6.54 Å². The number of carbonyl (C=O) groups excluding carboxylic acids is 1. The average Bonchev–Trinajstić information content (AvgIpc) is 2.26. The summed E-state index contributed by atoms with van der Waals surface area (Å²) in [5.74, 6) is 2.22. The topological polar surface area (TPSA) is 38.3 Å². The first kappa shape index (κ1) is 8.09. The van der Waals surface area contributed by atoms with Crippen molar-refractivity contribution in [3.05, 3.63) is 0 Å². The van der Waals surface area contributed by atoms with Gasteiger partial charge in [0.2, 0.25) is 0 Å². The maximum atomic E-state index is 10.9. The molecule has 1 rings (SSSR count). The third kappa shape index (κ3) is 1.95. The van der Waals surface area contributed by atoms with Gasteiger partial charge in [0.05, 0.1) is 6.54 Å². The summed E-state index contributed by atoms with van der Waals surface area (Å²) in [6.07, 6.45) is 5.77. The van der Waals surface area contributed by atoms with Crippen molar-refractivity contribution in [1.82, 2.24) is 5.32 Å². The Hall–Kier alpha value is -1.01. The van der Waals surface area contributed by atoms with Crippen LogP contribution in [-0.2, 0) is 9.53 Å². The summed E-state index contributed by atoms with van der Waals surface area (Å²) >= 11 is 0. The average molecular weight is 153 g/mol. The van der Waals surface area contributed by atoms with E-state index in [1.807, 2.05) is 6.92 Å². The molecule has 0 bridgehead atoms. The maximum absolute atomic E-state index is 10.9. The molecule has 3 nitrogen and oxygen atoms in total. The number of nitrogens with one attached hydrogen (secondary N) is 1. The maximum Gasteiger partial charge on any atom is 0.323 e. The lowest BCUT2D eigenvalue weighted by molar-refractivity contribution is -0.142. The molecule has 2 atom stereocenters. The fraction of sp³-hybridized carbons (Fsp3) is 0.625. The monoisotopic (exact) mass is 153 g/mol. The van der Waals surface area contributed by atoms with Gasteiger partial charge in [-0.2, -0.15) is 0 Å². The van der Waals surface area contributed by atoms with E-state index in [4.69, 9.17) is 11.2 Å². The number of terminal acetylenes is 1. The van der Waals surface area contributed by atoms with Gasteiger partial charge in [0.1, 0.15) is 12.1 Å². The molecule has 1 N–H and O–H groups in total. The first-order valence-corrected chi connectivity index (χ1v) is 3.61. The van der Waals surface area contributed by atoms with Crippen molar-refractivity contribution in [2.45, 2.75) is 25.5 Å². The SMILES string of the molecule is C#CCNC1CC(C)OC1=O. The molecule has 0 aliphatic carbocycles. The summed E-state index contributed by atoms with van der Waals surface area (Å²) in [5.41, 5.74) is 0. The van der Waals surface area contributed by atoms with Crippen molar-refractivity contribution in [3.8, 4) is 12.3 Å². The van der Waals surface area contributed by atoms with Crippen LogP contribution >= 0.6 is 0 Å². The highest BCUT2D eigenvalue weighted by atomic mass is 16.6. The van der Waals surface area contributed by atoms with Gasteiger partial charge in [0, 0.05) is 6.42 Å². The standard InChI is InChI=1S/C8H11NO2/c1-3-4-9-7-5-6(2)11-8(7)10/h1,6-7,9H,4-5H2,2H3. The van der Waals surface area contributed by atoms with Gasteiger partial charge >= 0.3 is 5.97 Å². The molecular weight excluding hydrogens is 142 g/mol. The minimum absolute atomic E-state index is 0.0257. The van der Waals surface area contributed by atoms with E-state index >= 15 is 0 Å². The van der Waals surface area contributed by atoms with E-state index in [1.165, 1.54) is 0 Å². The molecule has 2 unspecified atom stereocenters. The number of hydrogen-bond donors (Lipinski definition) is 1. The Labute approximate surface area is 66.1 Å². The van der Waals surface area contributed by atoms with E-state index in [0.29, 0.717) is 6.54 Å². The summed E-state index contributed by atoms with van der Waals surface area (Å²) in [6.45, 7) is 2.29. The number of rotatable bonds is 2. The Morgan fingerprint density at radius 2 is 2.64 bits per heavy atom. The molecule has 1 aliphatic rings. The van der Waals surface area contributed by atoms with E-state index in [0.717, 1.165) is 6.42 Å². The van der Waals surface area contributed by atoms with Crippen molar-refractivity contribution in [1.29, 1.82) is 0 Å². The molecule has 0 spiro atoms. The van der Waals surface area contributed by atoms with Crippen LogP contribution in [0, 0.1) is 12.3 Å². The first-order chi connectivity index (χ1) is 5.24. The third-order valence-electron chi connectivity index (χ3n) is 1.62. The number of carbonyl (C=O) groups is 1. The largest absolute Gasteiger partial charge is 0.461 e. The smallest absolute Gasteiger partial charge is 0.323 e. The Bertz CT molecular complexity index is 195. The highest BCUT2D eigenvalue weighted by molar-refractivity contribution is 5.77. The van der Waals surface area contributed by atoms with E-state index in [1.54, 1.807) is 0 Å². The van der Waals surface area contributed by atoms with Crippen LogP contribution in [0.4, 0.5) is 0 Å². The number of hydrogen-bond acceptors (Lipinski definition) is 3. The lowest BCUT2D eigenvalue weighted by Gasteiger charge is -2.02. The molecule has 0 aromatic rings. The van der Waals surface area contributed by atoms with Gasteiger partial charge in [0.25, 0.3) is 0 Å². The number of esters is 1. The van der Waals surface area contributed by atoms with Gasteiger partial charge in [-0.1, -0.05) is 5.92 Å². The van der Waals surface area contributed by atoms with Crippen molar-refractivity contribution < 1.29 is 9.53 Å². The Kier molecular flexibility index (Phi) is 2.50. The first-order valence-electron chi connectivity index (χ1n) is 3.61. The Morgan fingerprint density at radius 3 is 3.09 bits per heavy atom. The fourth-order valence-corrected chi connectivity index (χ4v) is 1.11. The highest BCUT2D eigenvalue weighted by Gasteiger charge is 2.30. The third-order valence-corrected chi connectivity index (χ3v) is 1.62. The van der Waals surface area contributed by atoms with Crippen molar-refractivity contribution >= 4 is 5.97 Å². The van der Waals surface area contributed by atoms with Crippen LogP contribution < -0.4 is 5.32 Å². The molecule has 1 fully saturated rings. The van der Waals surface area contributed by atoms with Gasteiger partial charge in [-0.3, -0.25) is 10.1 Å². The second kappa shape index (κ2) is 3.40. The summed E-state index contributed by atoms with van der Waals surface area (Å²) < 4.78 is 4.90. The molecule has 1 aliphatic heterocycles.